The summed E-state index contributed by atoms with van der Waals surface area (Å²) in [6, 6.07) is 7.38. The molecular formula is C14H25Cl2N3O2. The summed E-state index contributed by atoms with van der Waals surface area (Å²) in [4.78, 5) is 13.8. The van der Waals surface area contributed by atoms with Crippen molar-refractivity contribution in [2.24, 2.45) is 11.7 Å². The maximum Gasteiger partial charge on any atom is 0.228 e. The van der Waals surface area contributed by atoms with Gasteiger partial charge in [0.05, 0.1) is 0 Å². The van der Waals surface area contributed by atoms with Gasteiger partial charge in [-0.15, -0.1) is 24.8 Å². The van der Waals surface area contributed by atoms with E-state index in [4.69, 9.17) is 10.5 Å². The lowest BCUT2D eigenvalue weighted by Gasteiger charge is -2.13. The number of ether oxygens (including phenoxy) is 1. The second-order valence-corrected chi connectivity index (χ2v) is 4.81. The first kappa shape index (κ1) is 22.3. The van der Waals surface area contributed by atoms with Gasteiger partial charge in [0.25, 0.3) is 0 Å². The molecule has 21 heavy (non-hydrogen) atoms. The highest BCUT2D eigenvalue weighted by molar-refractivity contribution is 5.92. The number of carbonyl (C=O) groups excluding carboxylic acids is 1. The number of nitrogens with two attached hydrogens (primary N) is 1. The zero-order chi connectivity index (χ0) is 14.3. The minimum atomic E-state index is -0.196. The van der Waals surface area contributed by atoms with Crippen LogP contribution in [0.3, 0.4) is 0 Å². The van der Waals surface area contributed by atoms with Gasteiger partial charge in [-0.25, -0.2) is 0 Å². The Kier molecular flexibility index (Phi) is 12.3. The zero-order valence-corrected chi connectivity index (χ0v) is 14.3. The van der Waals surface area contributed by atoms with Gasteiger partial charge >= 0.3 is 0 Å². The molecule has 0 spiro atoms. The van der Waals surface area contributed by atoms with Gasteiger partial charge in [-0.1, -0.05) is 13.0 Å². The molecule has 5 nitrogen and oxygen atoms in total. The Morgan fingerprint density at radius 2 is 2.05 bits per heavy atom. The van der Waals surface area contributed by atoms with Gasteiger partial charge in [-0.3, -0.25) is 4.79 Å². The molecule has 0 saturated carbocycles. The summed E-state index contributed by atoms with van der Waals surface area (Å²) in [7, 11) is 3.99. The van der Waals surface area contributed by atoms with Gasteiger partial charge < -0.3 is 20.7 Å². The van der Waals surface area contributed by atoms with Crippen LogP contribution >= 0.6 is 24.8 Å². The summed E-state index contributed by atoms with van der Waals surface area (Å²) in [6.07, 6.45) is 0. The highest BCUT2D eigenvalue weighted by atomic mass is 35.5. The Labute approximate surface area is 139 Å². The number of hydrogen-bond acceptors (Lipinski definition) is 4. The highest BCUT2D eigenvalue weighted by Gasteiger charge is 2.10. The van der Waals surface area contributed by atoms with Gasteiger partial charge in [-0.05, 0) is 26.2 Å². The fraction of sp³-hybridized carbons (Fsp3) is 0.500. The molecule has 0 bridgehead atoms. The zero-order valence-electron chi connectivity index (χ0n) is 12.7. The van der Waals surface area contributed by atoms with Gasteiger partial charge in [0, 0.05) is 30.8 Å². The van der Waals surface area contributed by atoms with E-state index < -0.39 is 0 Å². The lowest BCUT2D eigenvalue weighted by atomic mass is 10.1. The molecule has 0 aromatic heterocycles. The lowest BCUT2D eigenvalue weighted by Crippen LogP contribution is -2.26. The van der Waals surface area contributed by atoms with E-state index >= 15 is 0 Å². The lowest BCUT2D eigenvalue weighted by molar-refractivity contribution is -0.119. The second-order valence-electron chi connectivity index (χ2n) is 4.81. The normalized spacial score (nSPS) is 11.1. The maximum absolute atomic E-state index is 11.7. The van der Waals surface area contributed by atoms with Crippen LogP contribution in [0, 0.1) is 5.92 Å². The molecule has 0 heterocycles. The third kappa shape index (κ3) is 8.78. The largest absolute Gasteiger partial charge is 0.492 e. The van der Waals surface area contributed by atoms with Crippen LogP contribution in [-0.2, 0) is 4.79 Å². The van der Waals surface area contributed by atoms with Crippen LogP contribution in [0.25, 0.3) is 0 Å². The smallest absolute Gasteiger partial charge is 0.228 e. The first-order chi connectivity index (χ1) is 9.02. The van der Waals surface area contributed by atoms with E-state index in [9.17, 15) is 4.79 Å². The van der Waals surface area contributed by atoms with E-state index in [2.05, 4.69) is 10.2 Å². The molecule has 1 rings (SSSR count). The van der Waals surface area contributed by atoms with E-state index in [0.717, 1.165) is 18.0 Å². The van der Waals surface area contributed by atoms with Crippen LogP contribution in [0.4, 0.5) is 5.69 Å². The molecule has 7 heteroatoms. The van der Waals surface area contributed by atoms with Gasteiger partial charge in [-0.2, -0.15) is 0 Å². The van der Waals surface area contributed by atoms with Crippen molar-refractivity contribution in [3.05, 3.63) is 24.3 Å². The second kappa shape index (κ2) is 11.6. The Hall–Kier alpha value is -1.01. The molecule has 1 atom stereocenters. The van der Waals surface area contributed by atoms with Gasteiger partial charge in [0.15, 0.2) is 0 Å². The molecule has 122 valence electrons. The van der Waals surface area contributed by atoms with Crippen LogP contribution < -0.4 is 15.8 Å². The van der Waals surface area contributed by atoms with E-state index in [-0.39, 0.29) is 36.6 Å². The van der Waals surface area contributed by atoms with E-state index in [1.807, 2.05) is 38.4 Å². The van der Waals surface area contributed by atoms with Crippen LogP contribution in [0.2, 0.25) is 0 Å². The van der Waals surface area contributed by atoms with Crippen LogP contribution in [-0.4, -0.2) is 44.6 Å². The SMILES string of the molecule is CC(CN)C(=O)Nc1cccc(OCCN(C)C)c1.Cl.Cl. The number of hydrogen-bond donors (Lipinski definition) is 2. The van der Waals surface area contributed by atoms with Crippen molar-refractivity contribution in [2.75, 3.05) is 39.1 Å². The summed E-state index contributed by atoms with van der Waals surface area (Å²) in [5.41, 5.74) is 6.19. The molecule has 0 aliphatic carbocycles. The number of amides is 1. The summed E-state index contributed by atoms with van der Waals surface area (Å²) in [6.45, 7) is 3.60. The van der Waals surface area contributed by atoms with Crippen molar-refractivity contribution in [2.45, 2.75) is 6.92 Å². The molecule has 0 saturated heterocycles. The van der Waals surface area contributed by atoms with E-state index in [0.29, 0.717) is 13.2 Å². The number of nitrogens with one attached hydrogen (secondary N) is 1. The molecular weight excluding hydrogens is 313 g/mol. The fourth-order valence-corrected chi connectivity index (χ4v) is 1.38. The highest BCUT2D eigenvalue weighted by Crippen LogP contribution is 2.17. The predicted molar refractivity (Wildman–Crippen MR) is 91.8 cm³/mol. The summed E-state index contributed by atoms with van der Waals surface area (Å²) in [5, 5.41) is 2.82. The molecule has 0 aliphatic heterocycles. The number of benzene rings is 1. The Balaban J connectivity index is 0. The molecule has 1 amide bonds. The fourth-order valence-electron chi connectivity index (χ4n) is 1.38. The van der Waals surface area contributed by atoms with Crippen LogP contribution in [0.5, 0.6) is 5.75 Å². The first-order valence-corrected chi connectivity index (χ1v) is 6.41. The minimum Gasteiger partial charge on any atom is -0.492 e. The topological polar surface area (TPSA) is 67.6 Å². The van der Waals surface area contributed by atoms with Gasteiger partial charge in [0.2, 0.25) is 5.91 Å². The Bertz CT molecular complexity index is 417. The molecule has 3 N–H and O–H groups in total. The van der Waals surface area contributed by atoms with Gasteiger partial charge in [0.1, 0.15) is 12.4 Å². The summed E-state index contributed by atoms with van der Waals surface area (Å²) in [5.74, 6) is 0.478. The molecule has 1 aromatic rings. The average Bonchev–Trinajstić information content (AvgIpc) is 2.37. The monoisotopic (exact) mass is 337 g/mol. The van der Waals surface area contributed by atoms with Crippen molar-refractivity contribution in [3.63, 3.8) is 0 Å². The molecule has 0 fully saturated rings. The number of carbonyl (C=O) groups is 1. The summed E-state index contributed by atoms with van der Waals surface area (Å²) < 4.78 is 5.61. The maximum atomic E-state index is 11.7. The van der Waals surface area contributed by atoms with E-state index in [1.54, 1.807) is 6.92 Å². The van der Waals surface area contributed by atoms with Crippen LogP contribution in [0.1, 0.15) is 6.92 Å². The number of anilines is 1. The third-order valence-electron chi connectivity index (χ3n) is 2.71. The number of rotatable bonds is 7. The minimum absolute atomic E-state index is 0. The molecule has 1 aromatic carbocycles. The first-order valence-electron chi connectivity index (χ1n) is 6.41. The van der Waals surface area contributed by atoms with Crippen molar-refractivity contribution < 1.29 is 9.53 Å². The Morgan fingerprint density at radius 3 is 2.62 bits per heavy atom. The van der Waals surface area contributed by atoms with Crippen molar-refractivity contribution in [1.29, 1.82) is 0 Å². The molecule has 1 unspecified atom stereocenters. The standard InChI is InChI=1S/C14H23N3O2.2ClH/c1-11(10-15)14(18)16-12-5-4-6-13(9-12)19-8-7-17(2)3;;/h4-6,9,11H,7-8,10,15H2,1-3H3,(H,16,18);2*1H. The number of halogens is 2. The predicted octanol–water partition coefficient (Wildman–Crippen LogP) is 2.00. The van der Waals surface area contributed by atoms with Crippen molar-refractivity contribution >= 4 is 36.4 Å². The quantitative estimate of drug-likeness (QED) is 0.798. The number of nitrogens with zero attached hydrogens (tertiary/aromatic N) is 1. The molecule has 0 radical (unpaired) electrons. The Morgan fingerprint density at radius 1 is 1.38 bits per heavy atom. The molecule has 0 aliphatic rings. The van der Waals surface area contributed by atoms with Crippen molar-refractivity contribution in [3.8, 4) is 5.75 Å². The van der Waals surface area contributed by atoms with Crippen LogP contribution in [0.15, 0.2) is 24.3 Å². The van der Waals surface area contributed by atoms with Crippen molar-refractivity contribution in [1.82, 2.24) is 4.90 Å². The van der Waals surface area contributed by atoms with E-state index in [1.165, 1.54) is 0 Å². The average molecular weight is 338 g/mol. The summed E-state index contributed by atoms with van der Waals surface area (Å²) >= 11 is 0. The number of likely N-dealkylation sites (N-methyl/N-ethyl adjacent to an activating group) is 1. The third-order valence-corrected chi connectivity index (χ3v) is 2.71.